The molecule has 0 bridgehead atoms. The highest BCUT2D eigenvalue weighted by molar-refractivity contribution is 5.80. The van der Waals surface area contributed by atoms with E-state index >= 15 is 0 Å². The molecule has 0 saturated heterocycles. The zero-order chi connectivity index (χ0) is 10.3. The van der Waals surface area contributed by atoms with Crippen LogP contribution in [-0.4, -0.2) is 11.8 Å². The minimum atomic E-state index is -0.223. The summed E-state index contributed by atoms with van der Waals surface area (Å²) in [6, 6.07) is -0.223. The molecule has 0 rings (SSSR count). The molecular formula is C11H23NO. The van der Waals surface area contributed by atoms with Gasteiger partial charge in [0, 0.05) is 0 Å². The number of rotatable bonds is 7. The van der Waals surface area contributed by atoms with Crippen molar-refractivity contribution < 1.29 is 4.79 Å². The molecule has 0 aliphatic rings. The van der Waals surface area contributed by atoms with E-state index in [1.807, 2.05) is 0 Å². The summed E-state index contributed by atoms with van der Waals surface area (Å²) in [5.41, 5.74) is 5.61. The van der Waals surface area contributed by atoms with Crippen LogP contribution in [-0.2, 0) is 4.79 Å². The summed E-state index contributed by atoms with van der Waals surface area (Å²) >= 11 is 0. The summed E-state index contributed by atoms with van der Waals surface area (Å²) in [5.74, 6) is 0.908. The molecule has 2 heteroatoms. The first-order valence-electron chi connectivity index (χ1n) is 5.30. The molecule has 0 aromatic rings. The fourth-order valence-corrected chi connectivity index (χ4v) is 1.30. The highest BCUT2D eigenvalue weighted by Gasteiger charge is 2.06. The van der Waals surface area contributed by atoms with E-state index in [9.17, 15) is 4.79 Å². The standard InChI is InChI=1S/C11H23NO/c1-9(2)7-5-4-6-8-11(12)10(3)13/h9,11H,4-8,12H2,1-3H3/t11-/m0/s1. The topological polar surface area (TPSA) is 43.1 Å². The zero-order valence-corrected chi connectivity index (χ0v) is 9.18. The Morgan fingerprint density at radius 2 is 1.69 bits per heavy atom. The summed E-state index contributed by atoms with van der Waals surface area (Å²) in [6.45, 7) is 6.04. The third-order valence-corrected chi connectivity index (χ3v) is 2.32. The predicted molar refractivity (Wildman–Crippen MR) is 56.6 cm³/mol. The van der Waals surface area contributed by atoms with Gasteiger partial charge < -0.3 is 5.73 Å². The molecule has 13 heavy (non-hydrogen) atoms. The fourth-order valence-electron chi connectivity index (χ4n) is 1.30. The summed E-state index contributed by atoms with van der Waals surface area (Å²) < 4.78 is 0. The maximum atomic E-state index is 10.8. The van der Waals surface area contributed by atoms with E-state index in [0.29, 0.717) is 0 Å². The van der Waals surface area contributed by atoms with Crippen LogP contribution in [0.3, 0.4) is 0 Å². The van der Waals surface area contributed by atoms with E-state index in [2.05, 4.69) is 13.8 Å². The first kappa shape index (κ1) is 12.6. The zero-order valence-electron chi connectivity index (χ0n) is 9.18. The molecule has 0 aromatic heterocycles. The van der Waals surface area contributed by atoms with Gasteiger partial charge in [-0.25, -0.2) is 0 Å². The van der Waals surface area contributed by atoms with Crippen LogP contribution in [0, 0.1) is 5.92 Å². The number of nitrogens with two attached hydrogens (primary N) is 1. The monoisotopic (exact) mass is 185 g/mol. The van der Waals surface area contributed by atoms with Crippen LogP contribution in [0.1, 0.15) is 52.9 Å². The van der Waals surface area contributed by atoms with Crippen molar-refractivity contribution in [3.05, 3.63) is 0 Å². The third kappa shape index (κ3) is 7.97. The lowest BCUT2D eigenvalue weighted by Gasteiger charge is -2.07. The summed E-state index contributed by atoms with van der Waals surface area (Å²) in [5, 5.41) is 0. The molecule has 0 aliphatic carbocycles. The quantitative estimate of drug-likeness (QED) is 0.619. The second kappa shape index (κ2) is 7.07. The molecule has 2 N–H and O–H groups in total. The molecule has 0 spiro atoms. The Morgan fingerprint density at radius 1 is 1.15 bits per heavy atom. The third-order valence-electron chi connectivity index (χ3n) is 2.32. The van der Waals surface area contributed by atoms with Crippen LogP contribution in [0.15, 0.2) is 0 Å². The van der Waals surface area contributed by atoms with Crippen molar-refractivity contribution in [1.82, 2.24) is 0 Å². The lowest BCUT2D eigenvalue weighted by molar-refractivity contribution is -0.118. The van der Waals surface area contributed by atoms with Crippen LogP contribution in [0.2, 0.25) is 0 Å². The largest absolute Gasteiger partial charge is 0.322 e. The van der Waals surface area contributed by atoms with Gasteiger partial charge in [-0.15, -0.1) is 0 Å². The van der Waals surface area contributed by atoms with Crippen LogP contribution in [0.25, 0.3) is 0 Å². The van der Waals surface area contributed by atoms with E-state index in [4.69, 9.17) is 5.73 Å². The fraction of sp³-hybridized carbons (Fsp3) is 0.909. The van der Waals surface area contributed by atoms with Crippen molar-refractivity contribution in [2.45, 2.75) is 58.9 Å². The molecule has 78 valence electrons. The smallest absolute Gasteiger partial charge is 0.146 e. The number of carbonyl (C=O) groups is 1. The second-order valence-corrected chi connectivity index (χ2v) is 4.25. The summed E-state index contributed by atoms with van der Waals surface area (Å²) in [4.78, 5) is 10.8. The van der Waals surface area contributed by atoms with Crippen LogP contribution in [0.4, 0.5) is 0 Å². The Morgan fingerprint density at radius 3 is 2.15 bits per heavy atom. The van der Waals surface area contributed by atoms with Crippen molar-refractivity contribution in [3.8, 4) is 0 Å². The van der Waals surface area contributed by atoms with E-state index in [1.165, 1.54) is 19.3 Å². The molecule has 0 heterocycles. The average Bonchev–Trinajstić information content (AvgIpc) is 2.02. The van der Waals surface area contributed by atoms with E-state index in [-0.39, 0.29) is 11.8 Å². The van der Waals surface area contributed by atoms with Crippen molar-refractivity contribution in [2.24, 2.45) is 11.7 Å². The van der Waals surface area contributed by atoms with E-state index < -0.39 is 0 Å². The van der Waals surface area contributed by atoms with Crippen LogP contribution >= 0.6 is 0 Å². The number of hydrogen-bond acceptors (Lipinski definition) is 2. The summed E-state index contributed by atoms with van der Waals surface area (Å²) in [6.07, 6.45) is 5.71. The Balaban J connectivity index is 3.21. The number of unbranched alkanes of at least 4 members (excludes halogenated alkanes) is 2. The van der Waals surface area contributed by atoms with Gasteiger partial charge in [0.25, 0.3) is 0 Å². The second-order valence-electron chi connectivity index (χ2n) is 4.25. The van der Waals surface area contributed by atoms with Gasteiger partial charge in [0.2, 0.25) is 0 Å². The van der Waals surface area contributed by atoms with Crippen molar-refractivity contribution >= 4 is 5.78 Å². The minimum absolute atomic E-state index is 0.115. The van der Waals surface area contributed by atoms with E-state index in [0.717, 1.165) is 18.8 Å². The number of carbonyl (C=O) groups excluding carboxylic acids is 1. The van der Waals surface area contributed by atoms with Gasteiger partial charge in [-0.05, 0) is 19.3 Å². The molecule has 0 aliphatic heterocycles. The van der Waals surface area contributed by atoms with Gasteiger partial charge in [0.05, 0.1) is 6.04 Å². The Bertz CT molecular complexity index is 143. The number of hydrogen-bond donors (Lipinski definition) is 1. The van der Waals surface area contributed by atoms with Crippen molar-refractivity contribution in [3.63, 3.8) is 0 Å². The molecule has 0 saturated carbocycles. The van der Waals surface area contributed by atoms with E-state index in [1.54, 1.807) is 6.92 Å². The van der Waals surface area contributed by atoms with Gasteiger partial charge in [0.15, 0.2) is 0 Å². The SMILES string of the molecule is CC(=O)[C@@H](N)CCCCCC(C)C. The van der Waals surface area contributed by atoms with Gasteiger partial charge in [0.1, 0.15) is 5.78 Å². The van der Waals surface area contributed by atoms with Crippen molar-refractivity contribution in [1.29, 1.82) is 0 Å². The van der Waals surface area contributed by atoms with Crippen LogP contribution in [0.5, 0.6) is 0 Å². The Hall–Kier alpha value is -0.370. The predicted octanol–water partition coefficient (Wildman–Crippen LogP) is 2.51. The summed E-state index contributed by atoms with van der Waals surface area (Å²) in [7, 11) is 0. The molecule has 0 amide bonds. The number of Topliss-reactive ketones (excluding diaryl/α,β-unsaturated/α-hetero) is 1. The minimum Gasteiger partial charge on any atom is -0.322 e. The molecule has 1 atom stereocenters. The average molecular weight is 185 g/mol. The molecule has 0 fully saturated rings. The molecule has 2 nitrogen and oxygen atoms in total. The lowest BCUT2D eigenvalue weighted by atomic mass is 10.0. The van der Waals surface area contributed by atoms with Crippen molar-refractivity contribution in [2.75, 3.05) is 0 Å². The maximum absolute atomic E-state index is 10.8. The normalized spacial score (nSPS) is 13.3. The van der Waals surface area contributed by atoms with Gasteiger partial charge >= 0.3 is 0 Å². The molecule has 0 aromatic carbocycles. The Kier molecular flexibility index (Phi) is 6.87. The first-order valence-corrected chi connectivity index (χ1v) is 5.30. The Labute approximate surface area is 81.9 Å². The van der Waals surface area contributed by atoms with Gasteiger partial charge in [-0.3, -0.25) is 4.79 Å². The van der Waals surface area contributed by atoms with Crippen LogP contribution < -0.4 is 5.73 Å². The maximum Gasteiger partial charge on any atom is 0.146 e. The first-order chi connectivity index (χ1) is 6.04. The molecule has 0 radical (unpaired) electrons. The van der Waals surface area contributed by atoms with Gasteiger partial charge in [-0.2, -0.15) is 0 Å². The highest BCUT2D eigenvalue weighted by Crippen LogP contribution is 2.10. The molecular weight excluding hydrogens is 162 g/mol. The number of ketones is 1. The van der Waals surface area contributed by atoms with Gasteiger partial charge in [-0.1, -0.05) is 39.5 Å². The molecule has 0 unspecified atom stereocenters. The lowest BCUT2D eigenvalue weighted by Crippen LogP contribution is -2.27. The highest BCUT2D eigenvalue weighted by atomic mass is 16.1.